The van der Waals surface area contributed by atoms with Gasteiger partial charge in [-0.3, -0.25) is 4.68 Å². The van der Waals surface area contributed by atoms with E-state index < -0.39 is 0 Å². The lowest BCUT2D eigenvalue weighted by atomic mass is 9.95. The van der Waals surface area contributed by atoms with E-state index in [0.717, 1.165) is 13.0 Å². The lowest BCUT2D eigenvalue weighted by Crippen LogP contribution is -2.38. The van der Waals surface area contributed by atoms with Crippen molar-refractivity contribution in [3.8, 4) is 0 Å². The quantitative estimate of drug-likeness (QED) is 0.820. The van der Waals surface area contributed by atoms with Crippen molar-refractivity contribution in [2.75, 3.05) is 6.54 Å². The van der Waals surface area contributed by atoms with Crippen LogP contribution in [0.5, 0.6) is 0 Å². The van der Waals surface area contributed by atoms with Gasteiger partial charge in [-0.05, 0) is 37.8 Å². The Morgan fingerprint density at radius 1 is 1.56 bits per heavy atom. The first-order chi connectivity index (χ1) is 7.81. The summed E-state index contributed by atoms with van der Waals surface area (Å²) in [4.78, 5) is 0. The summed E-state index contributed by atoms with van der Waals surface area (Å²) in [6.45, 7) is 1.03. The molecule has 2 bridgehead atoms. The summed E-state index contributed by atoms with van der Waals surface area (Å²) < 4.78 is 7.67. The predicted octanol–water partition coefficient (Wildman–Crippen LogP) is 0.872. The number of rotatable bonds is 4. The summed E-state index contributed by atoms with van der Waals surface area (Å²) in [5.41, 5.74) is 1.30. The van der Waals surface area contributed by atoms with E-state index in [9.17, 15) is 0 Å². The van der Waals surface area contributed by atoms with Crippen LogP contribution in [0.2, 0.25) is 0 Å². The van der Waals surface area contributed by atoms with Gasteiger partial charge in [-0.1, -0.05) is 0 Å². The van der Waals surface area contributed by atoms with Crippen molar-refractivity contribution in [2.24, 2.45) is 7.05 Å². The predicted molar refractivity (Wildman–Crippen MR) is 61.2 cm³/mol. The Bertz CT molecular complexity index is 363. The summed E-state index contributed by atoms with van der Waals surface area (Å²) in [6.07, 6.45) is 9.83. The molecule has 3 rings (SSSR count). The molecular formula is C12H19N3O. The molecular weight excluding hydrogens is 202 g/mol. The summed E-state index contributed by atoms with van der Waals surface area (Å²) in [7, 11) is 1.96. The highest BCUT2D eigenvalue weighted by molar-refractivity contribution is 5.04. The van der Waals surface area contributed by atoms with Crippen LogP contribution in [0, 0.1) is 0 Å². The number of hydrogen-bond acceptors (Lipinski definition) is 3. The minimum atomic E-state index is 0.485. The first kappa shape index (κ1) is 10.3. The second-order valence-corrected chi connectivity index (χ2v) is 4.94. The Hall–Kier alpha value is -0.870. The molecule has 0 saturated carbocycles. The average molecular weight is 221 g/mol. The van der Waals surface area contributed by atoms with Crippen LogP contribution < -0.4 is 5.32 Å². The zero-order chi connectivity index (χ0) is 11.0. The number of aromatic nitrogens is 2. The van der Waals surface area contributed by atoms with E-state index in [1.54, 1.807) is 0 Å². The molecule has 1 aromatic rings. The van der Waals surface area contributed by atoms with E-state index in [2.05, 4.69) is 16.6 Å². The summed E-state index contributed by atoms with van der Waals surface area (Å²) in [6, 6.07) is 0.593. The van der Waals surface area contributed by atoms with Crippen molar-refractivity contribution in [3.05, 3.63) is 18.0 Å². The first-order valence-corrected chi connectivity index (χ1v) is 6.17. The largest absolute Gasteiger partial charge is 0.373 e. The lowest BCUT2D eigenvalue weighted by Gasteiger charge is -2.19. The lowest BCUT2D eigenvalue weighted by molar-refractivity contribution is 0.0975. The third kappa shape index (κ3) is 1.99. The van der Waals surface area contributed by atoms with Gasteiger partial charge in [-0.2, -0.15) is 5.10 Å². The fourth-order valence-corrected chi connectivity index (χ4v) is 2.86. The molecule has 88 valence electrons. The number of nitrogens with zero attached hydrogens (tertiary/aromatic N) is 2. The molecule has 3 heterocycles. The van der Waals surface area contributed by atoms with E-state index in [-0.39, 0.29) is 0 Å². The van der Waals surface area contributed by atoms with Gasteiger partial charge in [0, 0.05) is 19.3 Å². The molecule has 4 heteroatoms. The zero-order valence-electron chi connectivity index (χ0n) is 9.72. The van der Waals surface area contributed by atoms with Gasteiger partial charge in [0.1, 0.15) is 0 Å². The maximum Gasteiger partial charge on any atom is 0.0733 e. The molecule has 1 N–H and O–H groups in total. The molecule has 2 aliphatic heterocycles. The second kappa shape index (κ2) is 4.18. The molecule has 0 amide bonds. The average Bonchev–Trinajstić information content (AvgIpc) is 2.94. The molecule has 3 atom stereocenters. The molecule has 3 unspecified atom stereocenters. The molecule has 1 aromatic heterocycles. The second-order valence-electron chi connectivity index (χ2n) is 4.94. The van der Waals surface area contributed by atoms with Gasteiger partial charge in [-0.25, -0.2) is 0 Å². The van der Waals surface area contributed by atoms with Crippen molar-refractivity contribution >= 4 is 0 Å². The SMILES string of the molecule is Cn1cc(CCNC2CC3CCC2O3)cn1. The van der Waals surface area contributed by atoms with Crippen LogP contribution in [0.4, 0.5) is 0 Å². The van der Waals surface area contributed by atoms with Crippen molar-refractivity contribution in [3.63, 3.8) is 0 Å². The molecule has 2 fully saturated rings. The number of aryl methyl sites for hydroxylation is 1. The number of fused-ring (bicyclic) bond motifs is 2. The maximum atomic E-state index is 5.81. The Balaban J connectivity index is 1.44. The standard InChI is InChI=1S/C12H19N3O/c1-15-8-9(7-14-15)4-5-13-11-6-10-2-3-12(11)16-10/h7-8,10-13H,2-6H2,1H3. The Kier molecular flexibility index (Phi) is 2.69. The Morgan fingerprint density at radius 2 is 2.50 bits per heavy atom. The van der Waals surface area contributed by atoms with Gasteiger partial charge in [0.05, 0.1) is 18.4 Å². The highest BCUT2D eigenvalue weighted by atomic mass is 16.5. The minimum Gasteiger partial charge on any atom is -0.373 e. The number of nitrogens with one attached hydrogen (secondary N) is 1. The Morgan fingerprint density at radius 3 is 3.12 bits per heavy atom. The summed E-state index contributed by atoms with van der Waals surface area (Å²) in [5, 5.41) is 7.78. The number of hydrogen-bond donors (Lipinski definition) is 1. The Labute approximate surface area is 96.0 Å². The van der Waals surface area contributed by atoms with Gasteiger partial charge < -0.3 is 10.1 Å². The zero-order valence-corrected chi connectivity index (χ0v) is 9.72. The van der Waals surface area contributed by atoms with Crippen LogP contribution in [0.3, 0.4) is 0 Å². The maximum absolute atomic E-state index is 5.81. The van der Waals surface area contributed by atoms with Crippen LogP contribution in [0.25, 0.3) is 0 Å². The third-order valence-corrected chi connectivity index (χ3v) is 3.68. The third-order valence-electron chi connectivity index (χ3n) is 3.68. The molecule has 0 radical (unpaired) electrons. The molecule has 0 aromatic carbocycles. The minimum absolute atomic E-state index is 0.485. The highest BCUT2D eigenvalue weighted by Crippen LogP contribution is 2.34. The van der Waals surface area contributed by atoms with Gasteiger partial charge in [-0.15, -0.1) is 0 Å². The fourth-order valence-electron chi connectivity index (χ4n) is 2.86. The molecule has 16 heavy (non-hydrogen) atoms. The van der Waals surface area contributed by atoms with Gasteiger partial charge in [0.25, 0.3) is 0 Å². The van der Waals surface area contributed by atoms with Crippen molar-refractivity contribution < 1.29 is 4.74 Å². The monoisotopic (exact) mass is 221 g/mol. The van der Waals surface area contributed by atoms with Crippen LogP contribution >= 0.6 is 0 Å². The van der Waals surface area contributed by atoms with Crippen LogP contribution in [-0.2, 0) is 18.2 Å². The fraction of sp³-hybridized carbons (Fsp3) is 0.750. The molecule has 0 spiro atoms. The summed E-state index contributed by atoms with van der Waals surface area (Å²) in [5.74, 6) is 0. The first-order valence-electron chi connectivity index (χ1n) is 6.17. The van der Waals surface area contributed by atoms with Crippen LogP contribution in [0.15, 0.2) is 12.4 Å². The molecule has 4 nitrogen and oxygen atoms in total. The van der Waals surface area contributed by atoms with E-state index in [4.69, 9.17) is 4.74 Å². The van der Waals surface area contributed by atoms with Crippen molar-refractivity contribution in [2.45, 2.75) is 43.9 Å². The van der Waals surface area contributed by atoms with E-state index in [1.807, 2.05) is 17.9 Å². The van der Waals surface area contributed by atoms with E-state index in [0.29, 0.717) is 18.2 Å². The van der Waals surface area contributed by atoms with E-state index in [1.165, 1.54) is 24.8 Å². The molecule has 2 saturated heterocycles. The van der Waals surface area contributed by atoms with Crippen molar-refractivity contribution in [1.29, 1.82) is 0 Å². The smallest absolute Gasteiger partial charge is 0.0733 e. The van der Waals surface area contributed by atoms with E-state index >= 15 is 0 Å². The topological polar surface area (TPSA) is 39.1 Å². The highest BCUT2D eigenvalue weighted by Gasteiger charge is 2.40. The number of ether oxygens (including phenoxy) is 1. The van der Waals surface area contributed by atoms with Crippen LogP contribution in [0.1, 0.15) is 24.8 Å². The molecule has 0 aliphatic carbocycles. The van der Waals surface area contributed by atoms with Gasteiger partial charge in [0.2, 0.25) is 0 Å². The van der Waals surface area contributed by atoms with Gasteiger partial charge in [0.15, 0.2) is 0 Å². The van der Waals surface area contributed by atoms with Crippen molar-refractivity contribution in [1.82, 2.24) is 15.1 Å². The van der Waals surface area contributed by atoms with Gasteiger partial charge >= 0.3 is 0 Å². The normalized spacial score (nSPS) is 32.4. The summed E-state index contributed by atoms with van der Waals surface area (Å²) >= 11 is 0. The van der Waals surface area contributed by atoms with Crippen LogP contribution in [-0.4, -0.2) is 34.6 Å². The molecule has 2 aliphatic rings.